The number of ether oxygens (including phenoxy) is 2. The summed E-state index contributed by atoms with van der Waals surface area (Å²) in [6, 6.07) is 29.5. The molecule has 0 spiro atoms. The van der Waals surface area contributed by atoms with Gasteiger partial charge in [0.1, 0.15) is 17.2 Å². The summed E-state index contributed by atoms with van der Waals surface area (Å²) in [7, 11) is -3.77. The summed E-state index contributed by atoms with van der Waals surface area (Å²) in [5, 5.41) is 2.80. The smallest absolute Gasteiger partial charge is 0.262 e. The van der Waals surface area contributed by atoms with Crippen LogP contribution in [0.4, 0.5) is 5.69 Å². The maximum Gasteiger partial charge on any atom is 0.262 e. The van der Waals surface area contributed by atoms with Crippen LogP contribution in [0.5, 0.6) is 17.2 Å². The number of hydrogen-bond donors (Lipinski definition) is 2. The van der Waals surface area contributed by atoms with Gasteiger partial charge in [0.2, 0.25) is 10.0 Å². The third-order valence-electron chi connectivity index (χ3n) is 5.00. The Bertz CT molecular complexity index is 1410. The van der Waals surface area contributed by atoms with E-state index in [4.69, 9.17) is 21.1 Å². The zero-order valence-corrected chi connectivity index (χ0v) is 20.6. The molecule has 7 nitrogen and oxygen atoms in total. The van der Waals surface area contributed by atoms with Gasteiger partial charge in [-0.1, -0.05) is 60.1 Å². The largest absolute Gasteiger partial charge is 0.482 e. The van der Waals surface area contributed by atoms with Crippen LogP contribution < -0.4 is 19.5 Å². The first-order chi connectivity index (χ1) is 17.4. The molecule has 184 valence electrons. The Balaban J connectivity index is 1.29. The molecule has 0 saturated heterocycles. The lowest BCUT2D eigenvalue weighted by Gasteiger charge is -2.11. The zero-order valence-electron chi connectivity index (χ0n) is 19.1. The topological polar surface area (TPSA) is 93.7 Å². The van der Waals surface area contributed by atoms with Gasteiger partial charge >= 0.3 is 0 Å². The van der Waals surface area contributed by atoms with Crippen LogP contribution in [-0.4, -0.2) is 20.9 Å². The molecule has 4 aromatic carbocycles. The van der Waals surface area contributed by atoms with Crippen LogP contribution in [0.2, 0.25) is 5.02 Å². The van der Waals surface area contributed by atoms with Crippen LogP contribution in [0, 0.1) is 0 Å². The summed E-state index contributed by atoms with van der Waals surface area (Å²) in [5.74, 6) is 1.14. The van der Waals surface area contributed by atoms with Crippen molar-refractivity contribution in [1.29, 1.82) is 0 Å². The summed E-state index contributed by atoms with van der Waals surface area (Å²) >= 11 is 6.22. The maximum atomic E-state index is 12.6. The fraction of sp³-hybridized carbons (Fsp3) is 0.0741. The molecule has 0 aliphatic rings. The molecule has 0 bridgehead atoms. The van der Waals surface area contributed by atoms with Gasteiger partial charge in [0.15, 0.2) is 6.61 Å². The van der Waals surface area contributed by atoms with E-state index in [1.807, 2.05) is 60.7 Å². The van der Waals surface area contributed by atoms with Crippen LogP contribution in [0.15, 0.2) is 108 Å². The second-order valence-corrected chi connectivity index (χ2v) is 9.85. The van der Waals surface area contributed by atoms with Gasteiger partial charge in [0, 0.05) is 12.2 Å². The molecule has 2 N–H and O–H groups in total. The van der Waals surface area contributed by atoms with Crippen molar-refractivity contribution in [2.75, 3.05) is 11.9 Å². The number of anilines is 1. The molecule has 0 unspecified atom stereocenters. The average Bonchev–Trinajstić information content (AvgIpc) is 2.89. The van der Waals surface area contributed by atoms with Crippen molar-refractivity contribution in [1.82, 2.24) is 4.72 Å². The quantitative estimate of drug-likeness (QED) is 0.281. The van der Waals surface area contributed by atoms with Crippen molar-refractivity contribution >= 4 is 33.2 Å². The summed E-state index contributed by atoms with van der Waals surface area (Å²) < 4.78 is 38.9. The highest BCUT2D eigenvalue weighted by molar-refractivity contribution is 7.89. The molecule has 36 heavy (non-hydrogen) atoms. The SMILES string of the molecule is O=C(COc1ccc(S(=O)(=O)NCc2ccccc2)cc1Cl)Nc1ccc(Oc2ccccc2)cc1. The van der Waals surface area contributed by atoms with E-state index in [1.165, 1.54) is 18.2 Å². The molecule has 0 aliphatic heterocycles. The van der Waals surface area contributed by atoms with Gasteiger partial charge in [0.25, 0.3) is 5.91 Å². The van der Waals surface area contributed by atoms with Crippen molar-refractivity contribution in [2.24, 2.45) is 0 Å². The van der Waals surface area contributed by atoms with E-state index in [-0.39, 0.29) is 28.8 Å². The first kappa shape index (κ1) is 25.2. The minimum atomic E-state index is -3.77. The minimum Gasteiger partial charge on any atom is -0.482 e. The summed E-state index contributed by atoms with van der Waals surface area (Å²) in [5.41, 5.74) is 1.40. The molecule has 0 atom stereocenters. The van der Waals surface area contributed by atoms with E-state index in [0.29, 0.717) is 17.2 Å². The van der Waals surface area contributed by atoms with E-state index < -0.39 is 15.9 Å². The fourth-order valence-electron chi connectivity index (χ4n) is 3.19. The third kappa shape index (κ3) is 7.08. The molecule has 0 saturated carbocycles. The highest BCUT2D eigenvalue weighted by atomic mass is 35.5. The molecular formula is C27H23ClN2O5S. The lowest BCUT2D eigenvalue weighted by atomic mass is 10.2. The summed E-state index contributed by atoms with van der Waals surface area (Å²) in [4.78, 5) is 12.3. The van der Waals surface area contributed by atoms with Gasteiger partial charge in [-0.05, 0) is 60.2 Å². The molecule has 4 aromatic rings. The molecular weight excluding hydrogens is 500 g/mol. The van der Waals surface area contributed by atoms with Crippen molar-refractivity contribution < 1.29 is 22.7 Å². The average molecular weight is 523 g/mol. The van der Waals surface area contributed by atoms with Crippen LogP contribution in [0.1, 0.15) is 5.56 Å². The predicted molar refractivity (Wildman–Crippen MR) is 139 cm³/mol. The van der Waals surface area contributed by atoms with Crippen molar-refractivity contribution in [3.05, 3.63) is 114 Å². The first-order valence-corrected chi connectivity index (χ1v) is 12.8. The number of carbonyl (C=O) groups excluding carboxylic acids is 1. The van der Waals surface area contributed by atoms with E-state index in [0.717, 1.165) is 5.56 Å². The lowest BCUT2D eigenvalue weighted by Crippen LogP contribution is -2.23. The number of halogens is 1. The van der Waals surface area contributed by atoms with Gasteiger partial charge in [-0.25, -0.2) is 13.1 Å². The molecule has 0 fully saturated rings. The second-order valence-electron chi connectivity index (χ2n) is 7.68. The third-order valence-corrected chi connectivity index (χ3v) is 6.69. The number of nitrogens with one attached hydrogen (secondary N) is 2. The second kappa shape index (κ2) is 11.7. The summed E-state index contributed by atoms with van der Waals surface area (Å²) in [6.45, 7) is -0.154. The lowest BCUT2D eigenvalue weighted by molar-refractivity contribution is -0.118. The highest BCUT2D eigenvalue weighted by Crippen LogP contribution is 2.28. The minimum absolute atomic E-state index is 0.00181. The number of benzene rings is 4. The Morgan fingerprint density at radius 1 is 0.806 bits per heavy atom. The van der Waals surface area contributed by atoms with Crippen LogP contribution in [-0.2, 0) is 21.4 Å². The molecule has 0 aliphatic carbocycles. The Kier molecular flexibility index (Phi) is 8.22. The molecule has 0 radical (unpaired) electrons. The van der Waals surface area contributed by atoms with Gasteiger partial charge in [-0.3, -0.25) is 4.79 Å². The first-order valence-electron chi connectivity index (χ1n) is 11.0. The van der Waals surface area contributed by atoms with Gasteiger partial charge in [0.05, 0.1) is 9.92 Å². The van der Waals surface area contributed by atoms with Gasteiger partial charge in [-0.2, -0.15) is 0 Å². The Morgan fingerprint density at radius 2 is 1.44 bits per heavy atom. The normalized spacial score (nSPS) is 11.0. The number of rotatable bonds is 10. The fourth-order valence-corrected chi connectivity index (χ4v) is 4.54. The number of para-hydroxylation sites is 1. The molecule has 1 amide bonds. The van der Waals surface area contributed by atoms with Gasteiger partial charge in [-0.15, -0.1) is 0 Å². The van der Waals surface area contributed by atoms with E-state index in [2.05, 4.69) is 10.0 Å². The monoisotopic (exact) mass is 522 g/mol. The Labute approximate surface area is 214 Å². The maximum absolute atomic E-state index is 12.6. The zero-order chi connectivity index (χ0) is 25.4. The number of carbonyl (C=O) groups is 1. The van der Waals surface area contributed by atoms with Crippen LogP contribution in [0.3, 0.4) is 0 Å². The standard InChI is InChI=1S/C27H23ClN2O5S/c28-25-17-24(36(32,33)29-18-20-7-3-1-4-8-20)15-16-26(25)34-19-27(31)30-21-11-13-23(14-12-21)35-22-9-5-2-6-10-22/h1-17,29H,18-19H2,(H,30,31). The highest BCUT2D eigenvalue weighted by Gasteiger charge is 2.16. The van der Waals surface area contributed by atoms with Crippen molar-refractivity contribution in [3.63, 3.8) is 0 Å². The summed E-state index contributed by atoms with van der Waals surface area (Å²) in [6.07, 6.45) is 0. The molecule has 4 rings (SSSR count). The van der Waals surface area contributed by atoms with E-state index >= 15 is 0 Å². The van der Waals surface area contributed by atoms with Crippen LogP contribution >= 0.6 is 11.6 Å². The Hall–Kier alpha value is -3.85. The van der Waals surface area contributed by atoms with Crippen molar-refractivity contribution in [3.8, 4) is 17.2 Å². The number of sulfonamides is 1. The van der Waals surface area contributed by atoms with Crippen LogP contribution in [0.25, 0.3) is 0 Å². The number of hydrogen-bond acceptors (Lipinski definition) is 5. The van der Waals surface area contributed by atoms with Gasteiger partial charge < -0.3 is 14.8 Å². The molecule has 9 heteroatoms. The Morgan fingerprint density at radius 3 is 2.11 bits per heavy atom. The predicted octanol–water partition coefficient (Wildman–Crippen LogP) is 5.63. The van der Waals surface area contributed by atoms with Crippen molar-refractivity contribution in [2.45, 2.75) is 11.4 Å². The van der Waals surface area contributed by atoms with E-state index in [9.17, 15) is 13.2 Å². The molecule has 0 heterocycles. The van der Waals surface area contributed by atoms with E-state index in [1.54, 1.807) is 24.3 Å². The molecule has 0 aromatic heterocycles. The number of amides is 1.